The van der Waals surface area contributed by atoms with Gasteiger partial charge in [-0.15, -0.1) is 0 Å². The minimum atomic E-state index is -1.29. The maximum Gasteiger partial charge on any atom is 0.336 e. The first-order chi connectivity index (χ1) is 12.3. The van der Waals surface area contributed by atoms with Crippen LogP contribution in [0, 0.1) is 11.8 Å². The summed E-state index contributed by atoms with van der Waals surface area (Å²) in [4.78, 5) is 49.3. The first-order valence-corrected chi connectivity index (χ1v) is 8.37. The molecule has 0 spiro atoms. The van der Waals surface area contributed by atoms with Crippen molar-refractivity contribution in [1.82, 2.24) is 5.32 Å². The molecule has 1 fully saturated rings. The maximum atomic E-state index is 12.9. The lowest BCUT2D eigenvalue weighted by Crippen LogP contribution is -2.46. The normalized spacial score (nSPS) is 26.0. The fourth-order valence-corrected chi connectivity index (χ4v) is 3.33. The fourth-order valence-electron chi connectivity index (χ4n) is 3.33. The third-order valence-electron chi connectivity index (χ3n) is 4.64. The molecule has 8 heteroatoms. The second kappa shape index (κ2) is 8.16. The Hall–Kier alpha value is -2.64. The van der Waals surface area contributed by atoms with E-state index < -0.39 is 35.8 Å². The highest BCUT2D eigenvalue weighted by atomic mass is 16.6. The van der Waals surface area contributed by atoms with E-state index >= 15 is 0 Å². The molecule has 0 aromatic heterocycles. The number of ketones is 1. The average Bonchev–Trinajstić information content (AvgIpc) is 2.61. The van der Waals surface area contributed by atoms with Crippen LogP contribution in [0.25, 0.3) is 0 Å². The van der Waals surface area contributed by atoms with E-state index in [1.54, 1.807) is 6.92 Å². The van der Waals surface area contributed by atoms with Gasteiger partial charge in [0.05, 0.1) is 19.8 Å². The van der Waals surface area contributed by atoms with E-state index in [0.717, 1.165) is 12.8 Å². The van der Waals surface area contributed by atoms with E-state index in [-0.39, 0.29) is 17.1 Å². The molecule has 0 unspecified atom stereocenters. The van der Waals surface area contributed by atoms with Gasteiger partial charge in [0.2, 0.25) is 0 Å². The number of rotatable bonds is 4. The van der Waals surface area contributed by atoms with Gasteiger partial charge in [-0.1, -0.05) is 6.58 Å². The number of esters is 3. The molecule has 1 saturated carbocycles. The molecule has 2 rings (SSSR count). The zero-order valence-electron chi connectivity index (χ0n) is 15.1. The first kappa shape index (κ1) is 19.7. The van der Waals surface area contributed by atoms with Gasteiger partial charge in [0.15, 0.2) is 11.9 Å². The molecule has 1 aliphatic heterocycles. The molecule has 8 nitrogen and oxygen atoms in total. The van der Waals surface area contributed by atoms with E-state index in [1.165, 1.54) is 14.2 Å². The molecule has 142 valence electrons. The predicted octanol–water partition coefficient (Wildman–Crippen LogP) is 1.01. The highest BCUT2D eigenvalue weighted by Crippen LogP contribution is 2.35. The van der Waals surface area contributed by atoms with Crippen LogP contribution in [0.2, 0.25) is 0 Å². The molecular formula is C18H23NO7. The predicted molar refractivity (Wildman–Crippen MR) is 89.3 cm³/mol. The number of methoxy groups -OCH3 is 2. The summed E-state index contributed by atoms with van der Waals surface area (Å²) in [6.45, 7) is 5.32. The van der Waals surface area contributed by atoms with E-state index in [0.29, 0.717) is 18.5 Å². The van der Waals surface area contributed by atoms with E-state index in [1.807, 2.05) is 0 Å². The Morgan fingerprint density at radius 2 is 1.77 bits per heavy atom. The molecular weight excluding hydrogens is 342 g/mol. The number of nitrogens with one attached hydrogen (secondary N) is 1. The van der Waals surface area contributed by atoms with Crippen LogP contribution in [-0.4, -0.2) is 44.0 Å². The summed E-state index contributed by atoms with van der Waals surface area (Å²) in [7, 11) is 2.35. The third-order valence-corrected chi connectivity index (χ3v) is 4.64. The molecule has 3 atom stereocenters. The lowest BCUT2D eigenvalue weighted by atomic mass is 9.79. The zero-order chi connectivity index (χ0) is 19.4. The van der Waals surface area contributed by atoms with Crippen LogP contribution in [-0.2, 0) is 33.4 Å². The van der Waals surface area contributed by atoms with Crippen molar-refractivity contribution in [2.45, 2.75) is 38.7 Å². The Kier molecular flexibility index (Phi) is 6.18. The minimum absolute atomic E-state index is 0.0384. The van der Waals surface area contributed by atoms with Crippen molar-refractivity contribution in [3.63, 3.8) is 0 Å². The third kappa shape index (κ3) is 3.79. The smallest absolute Gasteiger partial charge is 0.336 e. The Balaban J connectivity index is 2.40. The number of allylic oxidation sites excluding steroid dienone is 1. The van der Waals surface area contributed by atoms with Gasteiger partial charge in [0.25, 0.3) is 0 Å². The van der Waals surface area contributed by atoms with Gasteiger partial charge in [-0.05, 0) is 26.2 Å². The largest absolute Gasteiger partial charge is 0.468 e. The van der Waals surface area contributed by atoms with Gasteiger partial charge in [-0.2, -0.15) is 0 Å². The van der Waals surface area contributed by atoms with Gasteiger partial charge in [-0.3, -0.25) is 14.4 Å². The molecule has 1 heterocycles. The van der Waals surface area contributed by atoms with Crippen molar-refractivity contribution in [2.75, 3.05) is 14.2 Å². The van der Waals surface area contributed by atoms with Crippen molar-refractivity contribution < 1.29 is 33.4 Å². The van der Waals surface area contributed by atoms with Crippen LogP contribution in [0.3, 0.4) is 0 Å². The van der Waals surface area contributed by atoms with Crippen LogP contribution in [0.1, 0.15) is 32.6 Å². The standard InChI is InChI=1S/C18H23NO7/c1-9-13(16(21)24-3)15(14(10(2)19-9)17(22)25-4)18(23)26-12-8-6-5-7-11(12)20/h12-13,15,19H,1,5-8H2,2-4H3/t12-,13-,15+/m1/s1. The van der Waals surface area contributed by atoms with Gasteiger partial charge < -0.3 is 19.5 Å². The summed E-state index contributed by atoms with van der Waals surface area (Å²) < 4.78 is 14.9. The summed E-state index contributed by atoms with van der Waals surface area (Å²) in [6, 6.07) is 0. The molecule has 26 heavy (non-hydrogen) atoms. The highest BCUT2D eigenvalue weighted by molar-refractivity contribution is 6.00. The molecule has 0 saturated heterocycles. The van der Waals surface area contributed by atoms with Crippen molar-refractivity contribution >= 4 is 23.7 Å². The molecule has 1 aliphatic carbocycles. The molecule has 2 aliphatic rings. The van der Waals surface area contributed by atoms with E-state index in [2.05, 4.69) is 11.9 Å². The molecule has 0 aromatic carbocycles. The number of ether oxygens (including phenoxy) is 3. The molecule has 1 N–H and O–H groups in total. The SMILES string of the molecule is C=C1NC(C)=C(C(=O)OC)[C@@H](C(=O)O[C@@H]2CCCCC2=O)[C@@H]1C(=O)OC. The summed E-state index contributed by atoms with van der Waals surface area (Å²) in [5.41, 5.74) is 0.501. The van der Waals surface area contributed by atoms with Crippen molar-refractivity contribution in [1.29, 1.82) is 0 Å². The molecule has 0 amide bonds. The Bertz CT molecular complexity index is 679. The Labute approximate surface area is 151 Å². The van der Waals surface area contributed by atoms with Gasteiger partial charge in [-0.25, -0.2) is 4.79 Å². The lowest BCUT2D eigenvalue weighted by molar-refractivity contribution is -0.165. The topological polar surface area (TPSA) is 108 Å². The highest BCUT2D eigenvalue weighted by Gasteiger charge is 2.47. The first-order valence-electron chi connectivity index (χ1n) is 8.37. The van der Waals surface area contributed by atoms with Gasteiger partial charge >= 0.3 is 17.9 Å². The summed E-state index contributed by atoms with van der Waals surface area (Å²) in [5, 5.41) is 2.82. The molecule has 0 bridgehead atoms. The monoisotopic (exact) mass is 365 g/mol. The Morgan fingerprint density at radius 1 is 1.08 bits per heavy atom. The van der Waals surface area contributed by atoms with Crippen molar-refractivity contribution in [3.05, 3.63) is 23.5 Å². The Morgan fingerprint density at radius 3 is 2.35 bits per heavy atom. The van der Waals surface area contributed by atoms with Crippen molar-refractivity contribution in [3.8, 4) is 0 Å². The number of carbonyl (C=O) groups is 4. The zero-order valence-corrected chi connectivity index (χ0v) is 15.1. The minimum Gasteiger partial charge on any atom is -0.468 e. The quantitative estimate of drug-likeness (QED) is 0.581. The summed E-state index contributed by atoms with van der Waals surface area (Å²) in [6.07, 6.45) is 1.43. The van der Waals surface area contributed by atoms with Crippen LogP contribution in [0.5, 0.6) is 0 Å². The lowest BCUT2D eigenvalue weighted by Gasteiger charge is -2.34. The fraction of sp³-hybridized carbons (Fsp3) is 0.556. The maximum absolute atomic E-state index is 12.9. The van der Waals surface area contributed by atoms with E-state index in [9.17, 15) is 19.2 Å². The summed E-state index contributed by atoms with van der Waals surface area (Å²) in [5.74, 6) is -4.97. The molecule has 0 radical (unpaired) electrons. The van der Waals surface area contributed by atoms with Gasteiger partial charge in [0.1, 0.15) is 11.8 Å². The second-order valence-corrected chi connectivity index (χ2v) is 6.30. The van der Waals surface area contributed by atoms with Crippen LogP contribution in [0.4, 0.5) is 0 Å². The van der Waals surface area contributed by atoms with Crippen LogP contribution >= 0.6 is 0 Å². The number of Topliss-reactive ketones (excluding diaryl/α,β-unsaturated/α-hetero) is 1. The van der Waals surface area contributed by atoms with E-state index in [4.69, 9.17) is 14.2 Å². The van der Waals surface area contributed by atoms with Crippen molar-refractivity contribution in [2.24, 2.45) is 11.8 Å². The molecule has 0 aromatic rings. The van der Waals surface area contributed by atoms with Crippen LogP contribution in [0.15, 0.2) is 23.5 Å². The average molecular weight is 365 g/mol. The number of hydrogen-bond donors (Lipinski definition) is 1. The van der Waals surface area contributed by atoms with Gasteiger partial charge in [0, 0.05) is 17.8 Å². The second-order valence-electron chi connectivity index (χ2n) is 6.30. The van der Waals surface area contributed by atoms with Crippen LogP contribution < -0.4 is 5.32 Å². The number of hydrogen-bond acceptors (Lipinski definition) is 8. The summed E-state index contributed by atoms with van der Waals surface area (Å²) >= 11 is 0. The number of carbonyl (C=O) groups excluding carboxylic acids is 4.